The van der Waals surface area contributed by atoms with Crippen LogP contribution in [0.25, 0.3) is 0 Å². The van der Waals surface area contributed by atoms with Crippen LogP contribution < -0.4 is 4.74 Å². The molecular weight excluding hydrogens is 349 g/mol. The van der Waals surface area contributed by atoms with Gasteiger partial charge in [-0.25, -0.2) is 8.42 Å². The van der Waals surface area contributed by atoms with Crippen molar-refractivity contribution in [1.29, 1.82) is 0 Å². The first-order chi connectivity index (χ1) is 10.3. The molecule has 122 valence electrons. The smallest absolute Gasteiger partial charge is 0.199 e. The van der Waals surface area contributed by atoms with Crippen molar-refractivity contribution in [2.45, 2.75) is 31.6 Å². The summed E-state index contributed by atoms with van der Waals surface area (Å²) in [6.45, 7) is 3.98. The third kappa shape index (κ3) is 3.86. The van der Waals surface area contributed by atoms with Crippen molar-refractivity contribution in [2.75, 3.05) is 12.5 Å². The summed E-state index contributed by atoms with van der Waals surface area (Å²) >= 11 is 11.7. The monoisotopic (exact) mass is 365 g/mol. The molecule has 1 atom stereocenters. The fourth-order valence-corrected chi connectivity index (χ4v) is 3.84. The van der Waals surface area contributed by atoms with Gasteiger partial charge in [0.15, 0.2) is 20.5 Å². The van der Waals surface area contributed by atoms with E-state index >= 15 is 0 Å². The summed E-state index contributed by atoms with van der Waals surface area (Å²) in [5.74, 6) is 0.412. The van der Waals surface area contributed by atoms with E-state index in [4.69, 9.17) is 32.8 Å². The van der Waals surface area contributed by atoms with E-state index in [0.29, 0.717) is 22.9 Å². The third-order valence-corrected chi connectivity index (χ3v) is 5.63. The van der Waals surface area contributed by atoms with Gasteiger partial charge in [0, 0.05) is 17.0 Å². The Kier molecular flexibility index (Phi) is 5.25. The minimum absolute atomic E-state index is 0.00178. The molecular formula is C14H17Cl2NO4S. The van der Waals surface area contributed by atoms with Crippen LogP contribution in [0.5, 0.6) is 5.75 Å². The molecule has 5 nitrogen and oxygen atoms in total. The summed E-state index contributed by atoms with van der Waals surface area (Å²) in [7, 11) is -3.62. The zero-order valence-electron chi connectivity index (χ0n) is 12.3. The molecule has 0 radical (unpaired) electrons. The van der Waals surface area contributed by atoms with E-state index < -0.39 is 15.4 Å². The van der Waals surface area contributed by atoms with Gasteiger partial charge in [-0.3, -0.25) is 0 Å². The lowest BCUT2D eigenvalue weighted by Crippen LogP contribution is -2.28. The molecule has 2 rings (SSSR count). The Morgan fingerprint density at radius 3 is 2.77 bits per heavy atom. The Labute approximate surface area is 140 Å². The van der Waals surface area contributed by atoms with Gasteiger partial charge in [-0.05, 0) is 32.0 Å². The van der Waals surface area contributed by atoms with Gasteiger partial charge in [0.1, 0.15) is 5.75 Å². The highest BCUT2D eigenvalue weighted by molar-refractivity contribution is 8.05. The molecule has 0 spiro atoms. The molecule has 1 aromatic carbocycles. The van der Waals surface area contributed by atoms with E-state index in [1.165, 1.54) is 0 Å². The summed E-state index contributed by atoms with van der Waals surface area (Å²) in [5.41, 5.74) is -0.280. The Bertz CT molecular complexity index is 690. The van der Waals surface area contributed by atoms with Crippen LogP contribution in [0.4, 0.5) is 0 Å². The van der Waals surface area contributed by atoms with Crippen LogP contribution in [0, 0.1) is 0 Å². The predicted octanol–water partition coefficient (Wildman–Crippen LogP) is 3.38. The van der Waals surface area contributed by atoms with Gasteiger partial charge in [-0.15, -0.1) is 11.6 Å². The van der Waals surface area contributed by atoms with Crippen LogP contribution in [0.15, 0.2) is 23.4 Å². The van der Waals surface area contributed by atoms with Crippen molar-refractivity contribution >= 4 is 38.1 Å². The largest absolute Gasteiger partial charge is 0.494 e. The van der Waals surface area contributed by atoms with E-state index in [0.717, 1.165) is 0 Å². The fraction of sp³-hybridized carbons (Fsp3) is 0.500. The average Bonchev–Trinajstić information content (AvgIpc) is 2.86. The van der Waals surface area contributed by atoms with Crippen LogP contribution in [0.3, 0.4) is 0 Å². The van der Waals surface area contributed by atoms with E-state index in [2.05, 4.69) is 5.16 Å². The van der Waals surface area contributed by atoms with Crippen molar-refractivity contribution in [3.05, 3.63) is 28.8 Å². The number of alkyl halides is 1. The van der Waals surface area contributed by atoms with Gasteiger partial charge in [-0.1, -0.05) is 16.8 Å². The van der Waals surface area contributed by atoms with Crippen LogP contribution in [0.2, 0.25) is 5.02 Å². The zero-order valence-corrected chi connectivity index (χ0v) is 14.6. The molecule has 1 aliphatic heterocycles. The molecule has 0 N–H and O–H groups in total. The molecule has 22 heavy (non-hydrogen) atoms. The van der Waals surface area contributed by atoms with Crippen molar-refractivity contribution in [3.8, 4) is 5.75 Å². The van der Waals surface area contributed by atoms with Gasteiger partial charge >= 0.3 is 0 Å². The molecule has 0 amide bonds. The van der Waals surface area contributed by atoms with E-state index in [1.807, 2.05) is 6.92 Å². The number of rotatable bonds is 5. The second-order valence-corrected chi connectivity index (χ2v) is 7.97. The fourth-order valence-electron chi connectivity index (χ4n) is 2.03. The molecule has 8 heteroatoms. The van der Waals surface area contributed by atoms with E-state index in [9.17, 15) is 8.42 Å². The predicted molar refractivity (Wildman–Crippen MR) is 87.5 cm³/mol. The van der Waals surface area contributed by atoms with E-state index in [-0.39, 0.29) is 23.1 Å². The number of sulfone groups is 1. The first kappa shape index (κ1) is 17.4. The van der Waals surface area contributed by atoms with E-state index in [1.54, 1.807) is 25.1 Å². The lowest BCUT2D eigenvalue weighted by atomic mass is 10.1. The Balaban J connectivity index is 2.25. The van der Waals surface area contributed by atoms with Crippen LogP contribution in [-0.4, -0.2) is 31.5 Å². The second kappa shape index (κ2) is 6.64. The number of ether oxygens (including phenoxy) is 1. The van der Waals surface area contributed by atoms with Gasteiger partial charge in [-0.2, -0.15) is 0 Å². The summed E-state index contributed by atoms with van der Waals surface area (Å²) in [4.78, 5) is 5.15. The maximum Gasteiger partial charge on any atom is 0.199 e. The van der Waals surface area contributed by atoms with Crippen molar-refractivity contribution in [1.82, 2.24) is 0 Å². The van der Waals surface area contributed by atoms with Gasteiger partial charge in [0.2, 0.25) is 0 Å². The minimum Gasteiger partial charge on any atom is -0.494 e. The van der Waals surface area contributed by atoms with Crippen molar-refractivity contribution in [2.24, 2.45) is 5.16 Å². The average molecular weight is 366 g/mol. The van der Waals surface area contributed by atoms with Gasteiger partial charge in [0.25, 0.3) is 0 Å². The maximum absolute atomic E-state index is 12.5. The third-order valence-electron chi connectivity index (χ3n) is 3.20. The van der Waals surface area contributed by atoms with Crippen LogP contribution in [0.1, 0.15) is 25.8 Å². The Morgan fingerprint density at radius 2 is 2.18 bits per heavy atom. The Hall–Kier alpha value is -0.980. The molecule has 0 saturated heterocycles. The Morgan fingerprint density at radius 1 is 1.45 bits per heavy atom. The molecule has 1 heterocycles. The number of hydrogen-bond donors (Lipinski definition) is 0. The highest BCUT2D eigenvalue weighted by atomic mass is 35.5. The summed E-state index contributed by atoms with van der Waals surface area (Å²) in [5, 5.41) is 4.14. The van der Waals surface area contributed by atoms with Gasteiger partial charge < -0.3 is 9.57 Å². The lowest BCUT2D eigenvalue weighted by molar-refractivity contribution is 0.0152. The molecule has 0 aliphatic carbocycles. The standard InChI is InChI=1S/C14H17Cl2NO4S/c1-3-20-12-5-4-11(16)6-10(12)8-22(18,19)13-7-14(2,9-15)21-17-13/h4-6H,3,7-9H2,1-2H3. The molecule has 1 aromatic rings. The highest BCUT2D eigenvalue weighted by Gasteiger charge is 2.39. The SMILES string of the molecule is CCOc1ccc(Cl)cc1CS(=O)(=O)C1=NOC(C)(CCl)C1. The van der Waals surface area contributed by atoms with Crippen LogP contribution in [-0.2, 0) is 20.4 Å². The van der Waals surface area contributed by atoms with Crippen molar-refractivity contribution < 1.29 is 18.0 Å². The molecule has 1 aliphatic rings. The molecule has 0 aromatic heterocycles. The van der Waals surface area contributed by atoms with Gasteiger partial charge in [0.05, 0.1) is 18.2 Å². The first-order valence-electron chi connectivity index (χ1n) is 6.74. The highest BCUT2D eigenvalue weighted by Crippen LogP contribution is 2.30. The molecule has 1 unspecified atom stereocenters. The summed E-state index contributed by atoms with van der Waals surface area (Å²) in [6.07, 6.45) is 0.156. The maximum atomic E-state index is 12.5. The number of benzene rings is 1. The summed E-state index contributed by atoms with van der Waals surface area (Å²) < 4.78 is 30.5. The van der Waals surface area contributed by atoms with Crippen molar-refractivity contribution in [3.63, 3.8) is 0 Å². The van der Waals surface area contributed by atoms with Crippen LogP contribution >= 0.6 is 23.2 Å². The minimum atomic E-state index is -3.62. The number of halogens is 2. The lowest BCUT2D eigenvalue weighted by Gasteiger charge is -2.16. The normalized spacial score (nSPS) is 21.4. The number of nitrogens with zero attached hydrogens (tertiary/aromatic N) is 1. The second-order valence-electron chi connectivity index (χ2n) is 5.28. The number of hydrogen-bond acceptors (Lipinski definition) is 5. The topological polar surface area (TPSA) is 65.0 Å². The number of oxime groups is 1. The zero-order chi connectivity index (χ0) is 16.4. The molecule has 0 bridgehead atoms. The molecule has 0 saturated carbocycles. The summed E-state index contributed by atoms with van der Waals surface area (Å²) in [6, 6.07) is 4.90. The quantitative estimate of drug-likeness (QED) is 0.750. The molecule has 0 fully saturated rings. The first-order valence-corrected chi connectivity index (χ1v) is 9.31.